The van der Waals surface area contributed by atoms with E-state index in [1.165, 1.54) is 31.7 Å². The van der Waals surface area contributed by atoms with Crippen molar-refractivity contribution in [3.05, 3.63) is 65.7 Å². The van der Waals surface area contributed by atoms with Gasteiger partial charge in [-0.15, -0.1) is 0 Å². The Morgan fingerprint density at radius 1 is 0.962 bits per heavy atom. The predicted octanol–water partition coefficient (Wildman–Crippen LogP) is 5.16. The zero-order valence-corrected chi connectivity index (χ0v) is 15.4. The normalized spacial score (nSPS) is 17.3. The maximum Gasteiger partial charge on any atom is 0.128 e. The maximum absolute atomic E-state index is 14.3. The molecule has 0 aliphatic carbocycles. The van der Waals surface area contributed by atoms with Gasteiger partial charge in [0.15, 0.2) is 0 Å². The lowest BCUT2D eigenvalue weighted by Crippen LogP contribution is -2.30. The van der Waals surface area contributed by atoms with E-state index in [0.717, 1.165) is 29.9 Å². The molecule has 0 N–H and O–H groups in total. The summed E-state index contributed by atoms with van der Waals surface area (Å²) >= 11 is 0. The molecule has 3 nitrogen and oxygen atoms in total. The van der Waals surface area contributed by atoms with Crippen LogP contribution in [0.5, 0.6) is 0 Å². The predicted molar refractivity (Wildman–Crippen MR) is 104 cm³/mol. The molecule has 136 valence electrons. The Morgan fingerprint density at radius 3 is 2.42 bits per heavy atom. The molecule has 1 aliphatic heterocycles. The second-order valence-electron chi connectivity index (χ2n) is 7.26. The molecule has 2 heterocycles. The molecule has 1 aliphatic rings. The number of hydrogen-bond acceptors (Lipinski definition) is 2. The van der Waals surface area contributed by atoms with Crippen LogP contribution >= 0.6 is 0 Å². The molecule has 1 unspecified atom stereocenters. The monoisotopic (exact) mass is 351 g/mol. The number of halogens is 1. The summed E-state index contributed by atoms with van der Waals surface area (Å²) < 4.78 is 16.5. The highest BCUT2D eigenvalue weighted by Crippen LogP contribution is 2.28. The minimum atomic E-state index is -0.154. The van der Waals surface area contributed by atoms with E-state index in [1.807, 2.05) is 30.3 Å². The van der Waals surface area contributed by atoms with Gasteiger partial charge in [0.05, 0.1) is 23.6 Å². The SMILES string of the molecule is CC(c1nc2ccccc2n1Cc1ccccc1F)N1CCCCCC1. The van der Waals surface area contributed by atoms with Crippen LogP contribution in [0.4, 0.5) is 4.39 Å². The van der Waals surface area contributed by atoms with Gasteiger partial charge >= 0.3 is 0 Å². The van der Waals surface area contributed by atoms with Crippen LogP contribution in [0.3, 0.4) is 0 Å². The first-order valence-corrected chi connectivity index (χ1v) is 9.66. The van der Waals surface area contributed by atoms with E-state index >= 15 is 0 Å². The summed E-state index contributed by atoms with van der Waals surface area (Å²) in [4.78, 5) is 7.48. The fraction of sp³-hybridized carbons (Fsp3) is 0.409. The number of imidazole rings is 1. The van der Waals surface area contributed by atoms with Gasteiger partial charge in [0.2, 0.25) is 0 Å². The molecule has 1 saturated heterocycles. The van der Waals surface area contributed by atoms with E-state index in [0.29, 0.717) is 12.1 Å². The summed E-state index contributed by atoms with van der Waals surface area (Å²) in [6, 6.07) is 15.4. The number of hydrogen-bond donors (Lipinski definition) is 0. The lowest BCUT2D eigenvalue weighted by molar-refractivity contribution is 0.208. The molecule has 0 spiro atoms. The molecule has 1 fully saturated rings. The third-order valence-corrected chi connectivity index (χ3v) is 5.53. The summed E-state index contributed by atoms with van der Waals surface area (Å²) in [5.41, 5.74) is 2.77. The standard InChI is InChI=1S/C22H26FN3/c1-17(25-14-8-2-3-9-15-25)22-24-20-12-6-7-13-21(20)26(22)16-18-10-4-5-11-19(18)23/h4-7,10-13,17H,2-3,8-9,14-16H2,1H3. The number of benzene rings is 2. The molecular formula is C22H26FN3. The van der Waals surface area contributed by atoms with Crippen molar-refractivity contribution in [3.8, 4) is 0 Å². The summed E-state index contributed by atoms with van der Waals surface area (Å²) in [7, 11) is 0. The molecule has 1 aromatic heterocycles. The van der Waals surface area contributed by atoms with Crippen LogP contribution < -0.4 is 0 Å². The average Bonchev–Trinajstić information content (AvgIpc) is 2.83. The molecule has 26 heavy (non-hydrogen) atoms. The molecule has 0 bridgehead atoms. The second kappa shape index (κ2) is 7.58. The molecule has 0 saturated carbocycles. The van der Waals surface area contributed by atoms with Crippen LogP contribution in [0.15, 0.2) is 48.5 Å². The molecule has 0 amide bonds. The maximum atomic E-state index is 14.3. The number of likely N-dealkylation sites (tertiary alicyclic amines) is 1. The van der Waals surface area contributed by atoms with Gasteiger partial charge in [0.25, 0.3) is 0 Å². The smallest absolute Gasteiger partial charge is 0.128 e. The average molecular weight is 351 g/mol. The molecule has 0 radical (unpaired) electrons. The molecular weight excluding hydrogens is 325 g/mol. The van der Waals surface area contributed by atoms with Crippen molar-refractivity contribution in [2.75, 3.05) is 13.1 Å². The minimum Gasteiger partial charge on any atom is -0.322 e. The Hall–Kier alpha value is -2.20. The molecule has 4 heteroatoms. The fourth-order valence-corrected chi connectivity index (χ4v) is 4.02. The van der Waals surface area contributed by atoms with Crippen LogP contribution in [-0.2, 0) is 6.54 Å². The Labute approximate surface area is 154 Å². The van der Waals surface area contributed by atoms with Gasteiger partial charge in [-0.2, -0.15) is 0 Å². The van der Waals surface area contributed by atoms with Crippen molar-refractivity contribution < 1.29 is 4.39 Å². The van der Waals surface area contributed by atoms with Crippen molar-refractivity contribution in [3.63, 3.8) is 0 Å². The van der Waals surface area contributed by atoms with Crippen LogP contribution in [0.2, 0.25) is 0 Å². The largest absolute Gasteiger partial charge is 0.322 e. The van der Waals surface area contributed by atoms with Gasteiger partial charge in [-0.1, -0.05) is 43.2 Å². The highest BCUT2D eigenvalue weighted by atomic mass is 19.1. The zero-order valence-electron chi connectivity index (χ0n) is 15.4. The lowest BCUT2D eigenvalue weighted by atomic mass is 10.2. The van der Waals surface area contributed by atoms with Gasteiger partial charge in [-0.05, 0) is 51.1 Å². The molecule has 1 atom stereocenters. The Bertz CT molecular complexity index is 878. The Balaban J connectivity index is 1.75. The number of nitrogens with zero attached hydrogens (tertiary/aromatic N) is 3. The van der Waals surface area contributed by atoms with Crippen LogP contribution in [0, 0.1) is 5.82 Å². The Morgan fingerprint density at radius 2 is 1.65 bits per heavy atom. The lowest BCUT2D eigenvalue weighted by Gasteiger charge is -2.27. The highest BCUT2D eigenvalue weighted by Gasteiger charge is 2.23. The van der Waals surface area contributed by atoms with E-state index in [2.05, 4.69) is 22.5 Å². The molecule has 4 rings (SSSR count). The quantitative estimate of drug-likeness (QED) is 0.647. The van der Waals surface area contributed by atoms with E-state index in [1.54, 1.807) is 6.07 Å². The van der Waals surface area contributed by atoms with E-state index in [-0.39, 0.29) is 11.9 Å². The molecule has 3 aromatic rings. The third-order valence-electron chi connectivity index (χ3n) is 5.53. The van der Waals surface area contributed by atoms with Crippen molar-refractivity contribution >= 4 is 11.0 Å². The van der Waals surface area contributed by atoms with Gasteiger partial charge in [0.1, 0.15) is 11.6 Å². The van der Waals surface area contributed by atoms with Crippen molar-refractivity contribution in [2.24, 2.45) is 0 Å². The second-order valence-corrected chi connectivity index (χ2v) is 7.26. The zero-order chi connectivity index (χ0) is 17.9. The van der Waals surface area contributed by atoms with Crippen LogP contribution in [0.25, 0.3) is 11.0 Å². The van der Waals surface area contributed by atoms with Gasteiger partial charge in [-0.3, -0.25) is 4.90 Å². The first-order valence-electron chi connectivity index (χ1n) is 9.66. The topological polar surface area (TPSA) is 21.1 Å². The van der Waals surface area contributed by atoms with Gasteiger partial charge in [0, 0.05) is 5.56 Å². The van der Waals surface area contributed by atoms with Crippen molar-refractivity contribution in [2.45, 2.75) is 45.2 Å². The fourth-order valence-electron chi connectivity index (χ4n) is 4.02. The Kier molecular flexibility index (Phi) is 5.02. The number of aromatic nitrogens is 2. The molecule has 2 aromatic carbocycles. The highest BCUT2D eigenvalue weighted by molar-refractivity contribution is 5.76. The number of rotatable bonds is 4. The van der Waals surface area contributed by atoms with Crippen LogP contribution in [-0.4, -0.2) is 27.5 Å². The summed E-state index contributed by atoms with van der Waals surface area (Å²) in [5, 5.41) is 0. The first kappa shape index (κ1) is 17.2. The third kappa shape index (κ3) is 3.38. The van der Waals surface area contributed by atoms with E-state index in [9.17, 15) is 4.39 Å². The van der Waals surface area contributed by atoms with Crippen molar-refractivity contribution in [1.29, 1.82) is 0 Å². The van der Waals surface area contributed by atoms with E-state index < -0.39 is 0 Å². The minimum absolute atomic E-state index is 0.154. The van der Waals surface area contributed by atoms with Gasteiger partial charge in [-0.25, -0.2) is 9.37 Å². The first-order chi connectivity index (χ1) is 12.7. The van der Waals surface area contributed by atoms with Crippen LogP contribution in [0.1, 0.15) is 50.0 Å². The van der Waals surface area contributed by atoms with Crippen molar-refractivity contribution in [1.82, 2.24) is 14.5 Å². The number of fused-ring (bicyclic) bond motifs is 1. The van der Waals surface area contributed by atoms with Gasteiger partial charge < -0.3 is 4.57 Å². The summed E-state index contributed by atoms with van der Waals surface area (Å²) in [6.45, 7) is 4.99. The van der Waals surface area contributed by atoms with E-state index in [4.69, 9.17) is 4.98 Å². The summed E-state index contributed by atoms with van der Waals surface area (Å²) in [5.74, 6) is 0.884. The number of para-hydroxylation sites is 2. The summed E-state index contributed by atoms with van der Waals surface area (Å²) in [6.07, 6.45) is 5.12.